The van der Waals surface area contributed by atoms with Crippen LogP contribution in [0, 0.1) is 0 Å². The van der Waals surface area contributed by atoms with Gasteiger partial charge in [0.15, 0.2) is 10.2 Å². The molecule has 0 atom stereocenters. The predicted molar refractivity (Wildman–Crippen MR) is 176 cm³/mol. The SMILES string of the molecule is Cn1cc[n+](C)c1/N=N/c1ccc(NCCSC(=O)CCC(=O)SCCNc2ccc(/N=N/c3n(C)cc[n+]3C)cc2)cc1. The van der Waals surface area contributed by atoms with Crippen molar-refractivity contribution in [2.45, 2.75) is 12.8 Å². The van der Waals surface area contributed by atoms with E-state index in [-0.39, 0.29) is 23.1 Å². The van der Waals surface area contributed by atoms with Crippen molar-refractivity contribution < 1.29 is 18.7 Å². The van der Waals surface area contributed by atoms with Crippen molar-refractivity contribution in [2.24, 2.45) is 48.6 Å². The van der Waals surface area contributed by atoms with E-state index in [2.05, 4.69) is 31.1 Å². The number of rotatable bonds is 15. The highest BCUT2D eigenvalue weighted by Gasteiger charge is 2.12. The first-order valence-corrected chi connectivity index (χ1v) is 16.1. The number of aryl methyl sites for hydroxylation is 4. The quantitative estimate of drug-likeness (QED) is 0.0987. The van der Waals surface area contributed by atoms with Gasteiger partial charge in [0.25, 0.3) is 0 Å². The summed E-state index contributed by atoms with van der Waals surface area (Å²) in [6, 6.07) is 15.3. The molecule has 0 saturated carbocycles. The molecule has 2 aromatic heterocycles. The van der Waals surface area contributed by atoms with Gasteiger partial charge in [-0.05, 0) is 48.5 Å². The van der Waals surface area contributed by atoms with E-state index in [0.29, 0.717) is 24.6 Å². The monoisotopic (exact) mass is 634 g/mol. The van der Waals surface area contributed by atoms with Crippen LogP contribution in [0.25, 0.3) is 0 Å². The van der Waals surface area contributed by atoms with Gasteiger partial charge >= 0.3 is 11.9 Å². The summed E-state index contributed by atoms with van der Waals surface area (Å²) in [5.41, 5.74) is 3.40. The third kappa shape index (κ3) is 10.2. The lowest BCUT2D eigenvalue weighted by atomic mass is 10.3. The van der Waals surface area contributed by atoms with E-state index in [1.165, 1.54) is 23.5 Å². The highest BCUT2D eigenvalue weighted by molar-refractivity contribution is 8.14. The molecule has 0 aliphatic heterocycles. The third-order valence-electron chi connectivity index (χ3n) is 6.46. The van der Waals surface area contributed by atoms with Gasteiger partial charge in [-0.3, -0.25) is 9.59 Å². The lowest BCUT2D eigenvalue weighted by molar-refractivity contribution is -0.657. The van der Waals surface area contributed by atoms with Gasteiger partial charge in [0.2, 0.25) is 0 Å². The van der Waals surface area contributed by atoms with Gasteiger partial charge < -0.3 is 10.6 Å². The Hall–Kier alpha value is -4.30. The number of benzene rings is 2. The molecule has 0 aliphatic rings. The molecule has 12 nitrogen and oxygen atoms in total. The summed E-state index contributed by atoms with van der Waals surface area (Å²) < 4.78 is 7.59. The lowest BCUT2D eigenvalue weighted by Crippen LogP contribution is -2.25. The molecule has 2 N–H and O–H groups in total. The molecule has 4 aromatic rings. The average molecular weight is 635 g/mol. The normalized spacial score (nSPS) is 11.5. The third-order valence-corrected chi connectivity index (χ3v) is 8.32. The minimum absolute atomic E-state index is 0.0293. The number of nitrogens with zero attached hydrogens (tertiary/aromatic N) is 8. The maximum atomic E-state index is 12.2. The van der Waals surface area contributed by atoms with Crippen LogP contribution in [0.4, 0.5) is 34.6 Å². The highest BCUT2D eigenvalue weighted by Crippen LogP contribution is 2.20. The van der Waals surface area contributed by atoms with Crippen molar-refractivity contribution >= 4 is 68.4 Å². The second-order valence-electron chi connectivity index (χ2n) is 9.93. The molecular weight excluding hydrogens is 597 g/mol. The molecule has 0 bridgehead atoms. The first-order valence-electron chi connectivity index (χ1n) is 14.1. The Morgan fingerprint density at radius 2 is 1.05 bits per heavy atom. The molecule has 0 fully saturated rings. The number of azo groups is 2. The van der Waals surface area contributed by atoms with Gasteiger partial charge in [0.1, 0.15) is 11.4 Å². The summed E-state index contributed by atoms with van der Waals surface area (Å²) in [5.74, 6) is 2.76. The minimum Gasteiger partial charge on any atom is -0.384 e. The first-order chi connectivity index (χ1) is 21.3. The Kier molecular flexibility index (Phi) is 12.2. The molecule has 2 aromatic carbocycles. The number of aromatic nitrogens is 4. The number of carbonyl (C=O) groups excluding carboxylic acids is 2. The zero-order chi connectivity index (χ0) is 31.3. The van der Waals surface area contributed by atoms with Crippen LogP contribution in [0.3, 0.4) is 0 Å². The minimum atomic E-state index is 0.0293. The van der Waals surface area contributed by atoms with Crippen molar-refractivity contribution in [3.05, 3.63) is 73.3 Å². The van der Waals surface area contributed by atoms with Crippen LogP contribution in [-0.4, -0.2) is 44.0 Å². The van der Waals surface area contributed by atoms with E-state index in [1.54, 1.807) is 0 Å². The number of imidazole rings is 2. The fraction of sp³-hybridized carbons (Fsp3) is 0.333. The van der Waals surface area contributed by atoms with Gasteiger partial charge in [-0.1, -0.05) is 33.8 Å². The second-order valence-corrected chi connectivity index (χ2v) is 12.2. The standard InChI is InChI=1S/C30H36N10O2S2/c1-37-17-18-38(2)29(37)35-33-25-9-5-23(6-10-25)31-15-21-43-27(41)13-14-28(42)44-22-16-32-24-7-11-26(12-8-24)34-36-30-39(3)19-20-40(30)4/h5-12,17-20H,13-16,21-22H2,1-4H3/p+2. The van der Waals surface area contributed by atoms with Crippen molar-refractivity contribution in [3.8, 4) is 0 Å². The zero-order valence-corrected chi connectivity index (χ0v) is 27.0. The fourth-order valence-electron chi connectivity index (χ4n) is 4.01. The van der Waals surface area contributed by atoms with E-state index in [9.17, 15) is 9.59 Å². The highest BCUT2D eigenvalue weighted by atomic mass is 32.2. The summed E-state index contributed by atoms with van der Waals surface area (Å²) >= 11 is 2.50. The van der Waals surface area contributed by atoms with Crippen molar-refractivity contribution in [3.63, 3.8) is 0 Å². The van der Waals surface area contributed by atoms with Gasteiger partial charge in [-0.25, -0.2) is 18.3 Å². The molecule has 4 rings (SSSR count). The Balaban J connectivity index is 1.04. The van der Waals surface area contributed by atoms with Gasteiger partial charge in [0, 0.05) is 59.0 Å². The largest absolute Gasteiger partial charge is 0.421 e. The Labute approximate surface area is 265 Å². The Bertz CT molecular complexity index is 1440. The summed E-state index contributed by atoms with van der Waals surface area (Å²) in [7, 11) is 7.69. The number of hydrogen-bond acceptors (Lipinski definition) is 10. The summed E-state index contributed by atoms with van der Waals surface area (Å²) in [6.45, 7) is 1.28. The number of carbonyl (C=O) groups is 2. The number of thioether (sulfide) groups is 2. The molecular formula is C30H38N10O2S2+2. The van der Waals surface area contributed by atoms with Crippen LogP contribution in [-0.2, 0) is 37.8 Å². The molecule has 0 saturated heterocycles. The average Bonchev–Trinajstić information content (AvgIpc) is 3.53. The first kappa shape index (κ1) is 32.6. The smallest absolute Gasteiger partial charge is 0.384 e. The topological polar surface area (TPSA) is 125 Å². The molecule has 0 radical (unpaired) electrons. The van der Waals surface area contributed by atoms with Crippen molar-refractivity contribution in [2.75, 3.05) is 35.2 Å². The van der Waals surface area contributed by atoms with E-state index in [1.807, 2.05) is 120 Å². The molecule has 0 unspecified atom stereocenters. The maximum absolute atomic E-state index is 12.2. The fourth-order valence-corrected chi connectivity index (χ4v) is 5.37. The summed E-state index contributed by atoms with van der Waals surface area (Å²) in [5, 5.41) is 23.8. The number of nitrogens with one attached hydrogen (secondary N) is 2. The molecule has 0 aliphatic carbocycles. The molecule has 14 heteroatoms. The number of hydrogen-bond donors (Lipinski definition) is 2. The molecule has 230 valence electrons. The van der Waals surface area contributed by atoms with Crippen LogP contribution in [0.1, 0.15) is 12.8 Å². The maximum Gasteiger partial charge on any atom is 0.421 e. The number of anilines is 2. The molecule has 44 heavy (non-hydrogen) atoms. The summed E-state index contributed by atoms with van der Waals surface area (Å²) in [6.07, 6.45) is 8.19. The Morgan fingerprint density at radius 1 is 0.659 bits per heavy atom. The van der Waals surface area contributed by atoms with Gasteiger partial charge in [-0.15, -0.1) is 0 Å². The van der Waals surface area contributed by atoms with Crippen molar-refractivity contribution in [1.29, 1.82) is 0 Å². The lowest BCUT2D eigenvalue weighted by Gasteiger charge is -2.06. The van der Waals surface area contributed by atoms with E-state index in [0.717, 1.165) is 34.6 Å². The van der Waals surface area contributed by atoms with Gasteiger partial charge in [0.05, 0.1) is 53.0 Å². The van der Waals surface area contributed by atoms with E-state index in [4.69, 9.17) is 0 Å². The van der Waals surface area contributed by atoms with Crippen LogP contribution in [0.15, 0.2) is 93.8 Å². The van der Waals surface area contributed by atoms with Crippen LogP contribution >= 0.6 is 23.5 Å². The van der Waals surface area contributed by atoms with Crippen molar-refractivity contribution in [1.82, 2.24) is 9.13 Å². The predicted octanol–water partition coefficient (Wildman–Crippen LogP) is 5.67. The zero-order valence-electron chi connectivity index (χ0n) is 25.4. The summed E-state index contributed by atoms with van der Waals surface area (Å²) in [4.78, 5) is 24.5. The second kappa shape index (κ2) is 16.5. The van der Waals surface area contributed by atoms with Crippen LogP contribution in [0.5, 0.6) is 0 Å². The molecule has 2 heterocycles. The van der Waals surface area contributed by atoms with E-state index < -0.39 is 0 Å². The Morgan fingerprint density at radius 3 is 1.39 bits per heavy atom. The van der Waals surface area contributed by atoms with Gasteiger partial charge in [-0.2, -0.15) is 0 Å². The van der Waals surface area contributed by atoms with Crippen LogP contribution in [0.2, 0.25) is 0 Å². The van der Waals surface area contributed by atoms with Crippen LogP contribution < -0.4 is 19.8 Å². The molecule has 0 spiro atoms. The molecule has 0 amide bonds. The van der Waals surface area contributed by atoms with E-state index >= 15 is 0 Å².